The zero-order chi connectivity index (χ0) is 16.4. The highest BCUT2D eigenvalue weighted by atomic mass is 16.5. The topological polar surface area (TPSA) is 78.9 Å². The second-order valence-electron chi connectivity index (χ2n) is 5.22. The summed E-state index contributed by atoms with van der Waals surface area (Å²) in [4.78, 5) is 25.8. The van der Waals surface area contributed by atoms with Crippen LogP contribution >= 0.6 is 0 Å². The van der Waals surface area contributed by atoms with Crippen LogP contribution in [-0.2, 0) is 9.59 Å². The molecule has 2 aromatic carbocycles. The van der Waals surface area contributed by atoms with Crippen molar-refractivity contribution in [2.75, 3.05) is 17.3 Å². The normalized spacial score (nSPS) is 17.4. The van der Waals surface area contributed by atoms with Gasteiger partial charge in [0.2, 0.25) is 5.91 Å². The van der Waals surface area contributed by atoms with Crippen LogP contribution < -0.4 is 15.0 Å². The van der Waals surface area contributed by atoms with Crippen molar-refractivity contribution in [1.29, 1.82) is 0 Å². The number of aromatic hydroxyl groups is 1. The Bertz CT molecular complexity index is 743. The number of benzene rings is 2. The minimum atomic E-state index is -0.627. The molecular formula is C17H16N2O4. The first-order valence-electron chi connectivity index (χ1n) is 7.15. The fourth-order valence-electron chi connectivity index (χ4n) is 2.54. The molecule has 2 aromatic rings. The third kappa shape index (κ3) is 2.96. The number of nitrogens with one attached hydrogen (secondary N) is 1. The van der Waals surface area contributed by atoms with Crippen molar-refractivity contribution in [2.24, 2.45) is 0 Å². The minimum absolute atomic E-state index is 0.00895. The molecule has 1 heterocycles. The number of carbonyl (C=O) groups excluding carboxylic acids is 2. The van der Waals surface area contributed by atoms with E-state index in [1.807, 2.05) is 0 Å². The van der Waals surface area contributed by atoms with Gasteiger partial charge in [0.25, 0.3) is 5.91 Å². The molecule has 1 unspecified atom stereocenters. The molecule has 118 valence electrons. The van der Waals surface area contributed by atoms with E-state index >= 15 is 0 Å². The molecule has 2 N–H and O–H groups in total. The summed E-state index contributed by atoms with van der Waals surface area (Å²) in [6, 6.07) is 12.6. The molecule has 0 saturated carbocycles. The summed E-state index contributed by atoms with van der Waals surface area (Å²) in [7, 11) is 1.58. The van der Waals surface area contributed by atoms with Crippen LogP contribution in [0.4, 0.5) is 11.4 Å². The number of amides is 2. The Kier molecular flexibility index (Phi) is 3.89. The first-order chi connectivity index (χ1) is 11.1. The largest absolute Gasteiger partial charge is 0.508 e. The number of imide groups is 1. The van der Waals surface area contributed by atoms with Crippen molar-refractivity contribution < 1.29 is 19.4 Å². The van der Waals surface area contributed by atoms with E-state index in [1.54, 1.807) is 43.5 Å². The number of hydrogen-bond donors (Lipinski definition) is 2. The van der Waals surface area contributed by atoms with Gasteiger partial charge < -0.3 is 15.2 Å². The predicted molar refractivity (Wildman–Crippen MR) is 85.6 cm³/mol. The Morgan fingerprint density at radius 3 is 2.57 bits per heavy atom. The van der Waals surface area contributed by atoms with Crippen LogP contribution in [0.25, 0.3) is 0 Å². The zero-order valence-electron chi connectivity index (χ0n) is 12.5. The summed E-state index contributed by atoms with van der Waals surface area (Å²) in [5.74, 6) is 0.0865. The van der Waals surface area contributed by atoms with Gasteiger partial charge in [-0.2, -0.15) is 0 Å². The van der Waals surface area contributed by atoms with Crippen LogP contribution in [-0.4, -0.2) is 30.1 Å². The molecule has 6 heteroatoms. The van der Waals surface area contributed by atoms with Crippen molar-refractivity contribution in [3.05, 3.63) is 48.5 Å². The van der Waals surface area contributed by atoms with E-state index in [0.29, 0.717) is 11.4 Å². The van der Waals surface area contributed by atoms with E-state index < -0.39 is 6.04 Å². The second-order valence-corrected chi connectivity index (χ2v) is 5.22. The number of hydrogen-bond acceptors (Lipinski definition) is 5. The lowest BCUT2D eigenvalue weighted by atomic mass is 10.2. The Hall–Kier alpha value is -3.02. The van der Waals surface area contributed by atoms with Gasteiger partial charge in [0, 0.05) is 11.8 Å². The van der Waals surface area contributed by atoms with Crippen LogP contribution in [0.3, 0.4) is 0 Å². The highest BCUT2D eigenvalue weighted by Gasteiger charge is 2.39. The molecule has 0 aromatic heterocycles. The average Bonchev–Trinajstić information content (AvgIpc) is 2.82. The molecule has 0 radical (unpaired) electrons. The van der Waals surface area contributed by atoms with Crippen LogP contribution in [0, 0.1) is 0 Å². The van der Waals surface area contributed by atoms with Gasteiger partial charge in [-0.05, 0) is 36.4 Å². The number of rotatable bonds is 4. The van der Waals surface area contributed by atoms with E-state index in [2.05, 4.69) is 5.32 Å². The number of anilines is 2. The number of ether oxygens (including phenoxy) is 1. The maximum atomic E-state index is 12.5. The fourth-order valence-corrected chi connectivity index (χ4v) is 2.54. The summed E-state index contributed by atoms with van der Waals surface area (Å²) < 4.78 is 5.08. The van der Waals surface area contributed by atoms with Gasteiger partial charge in [0.1, 0.15) is 17.5 Å². The predicted octanol–water partition coefficient (Wildman–Crippen LogP) is 2.14. The number of phenols is 1. The van der Waals surface area contributed by atoms with E-state index in [9.17, 15) is 14.7 Å². The van der Waals surface area contributed by atoms with E-state index in [1.165, 1.54) is 12.1 Å². The Labute approximate surface area is 133 Å². The third-order valence-electron chi connectivity index (χ3n) is 3.67. The van der Waals surface area contributed by atoms with Crippen molar-refractivity contribution >= 4 is 23.2 Å². The van der Waals surface area contributed by atoms with Gasteiger partial charge in [-0.3, -0.25) is 9.59 Å². The first-order valence-corrected chi connectivity index (χ1v) is 7.15. The summed E-state index contributed by atoms with van der Waals surface area (Å²) in [5, 5.41) is 12.6. The number of methoxy groups -OCH3 is 1. The molecule has 0 spiro atoms. The second kappa shape index (κ2) is 6.00. The van der Waals surface area contributed by atoms with E-state index in [4.69, 9.17) is 4.74 Å². The summed E-state index contributed by atoms with van der Waals surface area (Å²) >= 11 is 0. The molecule has 1 aliphatic rings. The number of phenolic OH excluding ortho intramolecular Hbond substituents is 1. The molecular weight excluding hydrogens is 296 g/mol. The molecule has 1 aliphatic heterocycles. The van der Waals surface area contributed by atoms with Gasteiger partial charge >= 0.3 is 0 Å². The fraction of sp³-hybridized carbons (Fsp3) is 0.176. The highest BCUT2D eigenvalue weighted by Crippen LogP contribution is 2.27. The maximum absolute atomic E-state index is 12.5. The summed E-state index contributed by atoms with van der Waals surface area (Å²) in [6.07, 6.45) is 0.0700. The standard InChI is InChI=1S/C17H16N2O4/c1-23-14-7-5-11(6-8-14)18-15-10-16(21)19(17(15)22)12-3-2-4-13(20)9-12/h2-9,15,18,20H,10H2,1H3. The Morgan fingerprint density at radius 1 is 1.17 bits per heavy atom. The molecule has 6 nitrogen and oxygen atoms in total. The van der Waals surface area contributed by atoms with Gasteiger partial charge in [-0.25, -0.2) is 4.90 Å². The lowest BCUT2D eigenvalue weighted by molar-refractivity contribution is -0.121. The molecule has 1 atom stereocenters. The molecule has 3 rings (SSSR count). The Morgan fingerprint density at radius 2 is 1.91 bits per heavy atom. The Balaban J connectivity index is 1.78. The SMILES string of the molecule is COc1ccc(NC2CC(=O)N(c3cccc(O)c3)C2=O)cc1. The van der Waals surface area contributed by atoms with Crippen molar-refractivity contribution in [1.82, 2.24) is 0 Å². The lowest BCUT2D eigenvalue weighted by Gasteiger charge is -2.16. The van der Waals surface area contributed by atoms with E-state index in [0.717, 1.165) is 10.6 Å². The lowest BCUT2D eigenvalue weighted by Crippen LogP contribution is -2.34. The van der Waals surface area contributed by atoms with Gasteiger partial charge in [0.15, 0.2) is 0 Å². The minimum Gasteiger partial charge on any atom is -0.508 e. The molecule has 23 heavy (non-hydrogen) atoms. The smallest absolute Gasteiger partial charge is 0.256 e. The molecule has 2 amide bonds. The van der Waals surface area contributed by atoms with E-state index in [-0.39, 0.29) is 24.0 Å². The summed E-state index contributed by atoms with van der Waals surface area (Å²) in [5.41, 5.74) is 1.11. The molecule has 1 saturated heterocycles. The van der Waals surface area contributed by atoms with Gasteiger partial charge in [-0.1, -0.05) is 6.07 Å². The van der Waals surface area contributed by atoms with Crippen molar-refractivity contribution in [2.45, 2.75) is 12.5 Å². The quantitative estimate of drug-likeness (QED) is 0.846. The highest BCUT2D eigenvalue weighted by molar-refractivity contribution is 6.23. The van der Waals surface area contributed by atoms with Gasteiger partial charge in [-0.15, -0.1) is 0 Å². The monoisotopic (exact) mass is 312 g/mol. The number of carbonyl (C=O) groups is 2. The van der Waals surface area contributed by atoms with Crippen LogP contribution in [0.1, 0.15) is 6.42 Å². The molecule has 0 bridgehead atoms. The summed E-state index contributed by atoms with van der Waals surface area (Å²) in [6.45, 7) is 0. The van der Waals surface area contributed by atoms with Crippen molar-refractivity contribution in [3.8, 4) is 11.5 Å². The number of nitrogens with zero attached hydrogens (tertiary/aromatic N) is 1. The van der Waals surface area contributed by atoms with Gasteiger partial charge in [0.05, 0.1) is 19.2 Å². The first kappa shape index (κ1) is 14.9. The van der Waals surface area contributed by atoms with Crippen LogP contribution in [0.15, 0.2) is 48.5 Å². The zero-order valence-corrected chi connectivity index (χ0v) is 12.5. The molecule has 0 aliphatic carbocycles. The van der Waals surface area contributed by atoms with Crippen LogP contribution in [0.2, 0.25) is 0 Å². The maximum Gasteiger partial charge on any atom is 0.256 e. The third-order valence-corrected chi connectivity index (χ3v) is 3.67. The van der Waals surface area contributed by atoms with Crippen LogP contribution in [0.5, 0.6) is 11.5 Å². The average molecular weight is 312 g/mol. The van der Waals surface area contributed by atoms with Crippen molar-refractivity contribution in [3.63, 3.8) is 0 Å². The molecule has 1 fully saturated rings.